The topological polar surface area (TPSA) is 14.8 Å². The van der Waals surface area contributed by atoms with Crippen LogP contribution >= 0.6 is 0 Å². The highest BCUT2D eigenvalue weighted by atomic mass is 15.0. The molecule has 11 aromatic rings. The van der Waals surface area contributed by atoms with Crippen LogP contribution in [-0.4, -0.2) is 13.7 Å². The lowest BCUT2D eigenvalue weighted by Crippen LogP contribution is -1.97. The molecular weight excluding hydrogens is 619 g/mol. The van der Waals surface area contributed by atoms with E-state index in [2.05, 4.69) is 202 Å². The molecule has 0 aliphatic carbocycles. The van der Waals surface area contributed by atoms with Gasteiger partial charge in [-0.15, -0.1) is 0 Å². The summed E-state index contributed by atoms with van der Waals surface area (Å²) in [4.78, 5) is 0. The predicted molar refractivity (Wildman–Crippen MR) is 215 cm³/mol. The third kappa shape index (κ3) is 4.12. The zero-order valence-electron chi connectivity index (χ0n) is 27.7. The minimum absolute atomic E-state index is 1.14. The average molecular weight is 650 g/mol. The molecule has 0 fully saturated rings. The first-order valence-corrected chi connectivity index (χ1v) is 17.5. The minimum atomic E-state index is 1.14. The highest BCUT2D eigenvalue weighted by molar-refractivity contribution is 6.19. The molecule has 0 bridgehead atoms. The second kappa shape index (κ2) is 10.8. The largest absolute Gasteiger partial charge is 0.309 e. The van der Waals surface area contributed by atoms with Crippen molar-refractivity contribution in [3.8, 4) is 28.2 Å². The third-order valence-electron chi connectivity index (χ3n) is 10.6. The Hall–Kier alpha value is -6.84. The minimum Gasteiger partial charge on any atom is -0.309 e. The van der Waals surface area contributed by atoms with Crippen LogP contribution in [0.2, 0.25) is 0 Å². The Kier molecular flexibility index (Phi) is 5.96. The molecule has 3 nitrogen and oxygen atoms in total. The molecule has 0 atom stereocenters. The van der Waals surface area contributed by atoms with Crippen LogP contribution in [0, 0.1) is 0 Å². The first-order valence-electron chi connectivity index (χ1n) is 17.5. The molecule has 0 aliphatic heterocycles. The van der Waals surface area contributed by atoms with Gasteiger partial charge in [0.25, 0.3) is 0 Å². The van der Waals surface area contributed by atoms with Gasteiger partial charge in [-0.05, 0) is 77.9 Å². The average Bonchev–Trinajstić information content (AvgIpc) is 3.82. The van der Waals surface area contributed by atoms with Crippen molar-refractivity contribution in [2.45, 2.75) is 0 Å². The van der Waals surface area contributed by atoms with Crippen LogP contribution < -0.4 is 0 Å². The summed E-state index contributed by atoms with van der Waals surface area (Å²) in [5, 5.41) is 7.49. The van der Waals surface area contributed by atoms with Gasteiger partial charge < -0.3 is 13.7 Å². The second-order valence-electron chi connectivity index (χ2n) is 13.4. The molecule has 3 heteroatoms. The standard InChI is InChI=1S/C48H31N3/c1-3-14-32(15-4-1)33-16-13-19-35(28-33)50-43-23-10-7-20-37(43)40-27-26-36(29-46(40)50)51-45-25-12-9-22-39(45)42-30-47-41(31-48(42)51)38-21-8-11-24-44(38)49(47)34-17-5-2-6-18-34/h1-31H. The molecule has 0 amide bonds. The van der Waals surface area contributed by atoms with Crippen molar-refractivity contribution in [3.63, 3.8) is 0 Å². The van der Waals surface area contributed by atoms with E-state index in [-0.39, 0.29) is 0 Å². The van der Waals surface area contributed by atoms with Crippen molar-refractivity contribution in [1.82, 2.24) is 13.7 Å². The van der Waals surface area contributed by atoms with Gasteiger partial charge in [-0.2, -0.15) is 0 Å². The van der Waals surface area contributed by atoms with Crippen LogP contribution in [0.4, 0.5) is 0 Å². The Labute approximate surface area is 294 Å². The molecular formula is C48H31N3. The highest BCUT2D eigenvalue weighted by Crippen LogP contribution is 2.41. The van der Waals surface area contributed by atoms with E-state index >= 15 is 0 Å². The Morgan fingerprint density at radius 3 is 1.24 bits per heavy atom. The van der Waals surface area contributed by atoms with Crippen molar-refractivity contribution in [2.24, 2.45) is 0 Å². The van der Waals surface area contributed by atoms with Crippen molar-refractivity contribution in [3.05, 3.63) is 188 Å². The summed E-state index contributed by atoms with van der Waals surface area (Å²) in [7, 11) is 0. The SMILES string of the molecule is c1ccc(-c2cccc(-n3c4ccccc4c4ccc(-n5c6ccccc6c6cc7c(cc65)c5ccccc5n7-c5ccccc5)cc43)c2)cc1. The summed E-state index contributed by atoms with van der Waals surface area (Å²) in [6.45, 7) is 0. The molecule has 51 heavy (non-hydrogen) atoms. The fraction of sp³-hybridized carbons (Fsp3) is 0. The van der Waals surface area contributed by atoms with Crippen molar-refractivity contribution in [2.75, 3.05) is 0 Å². The van der Waals surface area contributed by atoms with Gasteiger partial charge >= 0.3 is 0 Å². The Balaban J connectivity index is 1.21. The summed E-state index contributed by atoms with van der Waals surface area (Å²) in [6.07, 6.45) is 0. The summed E-state index contributed by atoms with van der Waals surface area (Å²) < 4.78 is 7.30. The monoisotopic (exact) mass is 649 g/mol. The molecule has 0 spiro atoms. The van der Waals surface area contributed by atoms with E-state index in [0.717, 1.165) is 11.4 Å². The number of hydrogen-bond donors (Lipinski definition) is 0. The smallest absolute Gasteiger partial charge is 0.0561 e. The maximum absolute atomic E-state index is 2.46. The van der Waals surface area contributed by atoms with Gasteiger partial charge in [0.1, 0.15) is 0 Å². The molecule has 0 N–H and O–H groups in total. The molecule has 0 radical (unpaired) electrons. The van der Waals surface area contributed by atoms with Crippen LogP contribution in [0.3, 0.4) is 0 Å². The molecule has 0 unspecified atom stereocenters. The number of hydrogen-bond acceptors (Lipinski definition) is 0. The Morgan fingerprint density at radius 1 is 0.216 bits per heavy atom. The molecule has 238 valence electrons. The lowest BCUT2D eigenvalue weighted by molar-refractivity contribution is 1.15. The number of aromatic nitrogens is 3. The maximum Gasteiger partial charge on any atom is 0.0561 e. The van der Waals surface area contributed by atoms with Gasteiger partial charge in [0.15, 0.2) is 0 Å². The Morgan fingerprint density at radius 2 is 0.627 bits per heavy atom. The van der Waals surface area contributed by atoms with Gasteiger partial charge in [-0.3, -0.25) is 0 Å². The zero-order valence-corrected chi connectivity index (χ0v) is 27.7. The van der Waals surface area contributed by atoms with Crippen LogP contribution in [0.5, 0.6) is 0 Å². The van der Waals surface area contributed by atoms with Gasteiger partial charge in [0.05, 0.1) is 33.1 Å². The molecule has 8 aromatic carbocycles. The normalized spacial score (nSPS) is 11.9. The molecule has 3 aromatic heterocycles. The first kappa shape index (κ1) is 28.0. The van der Waals surface area contributed by atoms with Crippen LogP contribution in [0.25, 0.3) is 93.6 Å². The first-order chi connectivity index (χ1) is 25.3. The zero-order chi connectivity index (χ0) is 33.5. The van der Waals surface area contributed by atoms with E-state index in [4.69, 9.17) is 0 Å². The summed E-state index contributed by atoms with van der Waals surface area (Å²) in [5.41, 5.74) is 13.1. The fourth-order valence-electron chi connectivity index (χ4n) is 8.40. The predicted octanol–water partition coefficient (Wildman–Crippen LogP) is 12.6. The van der Waals surface area contributed by atoms with E-state index in [1.165, 1.54) is 82.2 Å². The number of rotatable bonds is 4. The second-order valence-corrected chi connectivity index (χ2v) is 13.4. The summed E-state index contributed by atoms with van der Waals surface area (Å²) in [5.74, 6) is 0. The van der Waals surface area contributed by atoms with Crippen LogP contribution in [0.15, 0.2) is 188 Å². The lowest BCUT2D eigenvalue weighted by atomic mass is 10.1. The molecule has 0 saturated heterocycles. The van der Waals surface area contributed by atoms with E-state index in [0.29, 0.717) is 0 Å². The highest BCUT2D eigenvalue weighted by Gasteiger charge is 2.20. The van der Waals surface area contributed by atoms with Gasteiger partial charge in [0, 0.05) is 49.4 Å². The summed E-state index contributed by atoms with van der Waals surface area (Å²) in [6, 6.07) is 68.5. The lowest BCUT2D eigenvalue weighted by Gasteiger charge is -2.12. The van der Waals surface area contributed by atoms with Crippen molar-refractivity contribution >= 4 is 65.4 Å². The van der Waals surface area contributed by atoms with Crippen LogP contribution in [-0.2, 0) is 0 Å². The number of para-hydroxylation sites is 4. The number of nitrogens with zero attached hydrogens (tertiary/aromatic N) is 3. The fourth-order valence-corrected chi connectivity index (χ4v) is 8.40. The van der Waals surface area contributed by atoms with Gasteiger partial charge in [0.2, 0.25) is 0 Å². The number of benzene rings is 8. The molecule has 11 rings (SSSR count). The van der Waals surface area contributed by atoms with E-state index in [1.54, 1.807) is 0 Å². The maximum atomic E-state index is 2.46. The summed E-state index contributed by atoms with van der Waals surface area (Å²) >= 11 is 0. The van der Waals surface area contributed by atoms with E-state index in [9.17, 15) is 0 Å². The quantitative estimate of drug-likeness (QED) is 0.180. The van der Waals surface area contributed by atoms with Crippen molar-refractivity contribution in [1.29, 1.82) is 0 Å². The van der Waals surface area contributed by atoms with Gasteiger partial charge in [-0.1, -0.05) is 121 Å². The third-order valence-corrected chi connectivity index (χ3v) is 10.6. The van der Waals surface area contributed by atoms with Crippen molar-refractivity contribution < 1.29 is 0 Å². The Bertz CT molecular complexity index is 3120. The van der Waals surface area contributed by atoms with Crippen LogP contribution in [0.1, 0.15) is 0 Å². The molecule has 0 saturated carbocycles. The molecule has 3 heterocycles. The number of fused-ring (bicyclic) bond motifs is 9. The van der Waals surface area contributed by atoms with Gasteiger partial charge in [-0.25, -0.2) is 0 Å². The van der Waals surface area contributed by atoms with E-state index in [1.807, 2.05) is 0 Å². The molecule has 0 aliphatic rings. The van der Waals surface area contributed by atoms with E-state index < -0.39 is 0 Å².